The number of hydrogen-bond donors (Lipinski definition) is 2. The van der Waals surface area contributed by atoms with Crippen molar-refractivity contribution in [2.24, 2.45) is 11.7 Å². The third kappa shape index (κ3) is 3.56. The van der Waals surface area contributed by atoms with Gasteiger partial charge in [-0.1, -0.05) is 36.4 Å². The van der Waals surface area contributed by atoms with Crippen LogP contribution < -0.4 is 5.73 Å². The topological polar surface area (TPSA) is 66.6 Å². The van der Waals surface area contributed by atoms with Gasteiger partial charge in [-0.3, -0.25) is 4.79 Å². The van der Waals surface area contributed by atoms with Crippen LogP contribution >= 0.6 is 0 Å². The van der Waals surface area contributed by atoms with Crippen LogP contribution in [0, 0.1) is 11.7 Å². The molecule has 1 aliphatic heterocycles. The van der Waals surface area contributed by atoms with E-state index in [0.29, 0.717) is 32.2 Å². The average molecular weight is 382 g/mol. The number of rotatable bonds is 3. The second kappa shape index (κ2) is 7.64. The lowest BCUT2D eigenvalue weighted by atomic mass is 9.76. The molecule has 1 atom stereocenters. The monoisotopic (exact) mass is 382 g/mol. The predicted molar refractivity (Wildman–Crippen MR) is 106 cm³/mol. The lowest BCUT2D eigenvalue weighted by Crippen LogP contribution is -2.50. The van der Waals surface area contributed by atoms with Gasteiger partial charge in [-0.2, -0.15) is 0 Å². The van der Waals surface area contributed by atoms with Crippen LogP contribution in [0.4, 0.5) is 4.39 Å². The molecule has 0 spiro atoms. The van der Waals surface area contributed by atoms with Gasteiger partial charge in [-0.15, -0.1) is 0 Å². The van der Waals surface area contributed by atoms with Gasteiger partial charge in [0.05, 0.1) is 12.6 Å². The number of nitrogens with zero attached hydrogens (tertiary/aromatic N) is 1. The summed E-state index contributed by atoms with van der Waals surface area (Å²) in [5.41, 5.74) is 8.92. The Kier molecular flexibility index (Phi) is 5.21. The summed E-state index contributed by atoms with van der Waals surface area (Å²) in [5.74, 6) is -0.207. The third-order valence-corrected chi connectivity index (χ3v) is 6.40. The normalized spacial score (nSPS) is 27.3. The maximum absolute atomic E-state index is 13.5. The molecule has 4 nitrogen and oxygen atoms in total. The highest BCUT2D eigenvalue weighted by Crippen LogP contribution is 2.39. The summed E-state index contributed by atoms with van der Waals surface area (Å²) in [6, 6.07) is 14.5. The zero-order valence-electron chi connectivity index (χ0n) is 16.0. The van der Waals surface area contributed by atoms with Gasteiger partial charge in [0.15, 0.2) is 0 Å². The number of hydrogen-bond acceptors (Lipinski definition) is 3. The van der Waals surface area contributed by atoms with E-state index in [2.05, 4.69) is 12.1 Å². The Morgan fingerprint density at radius 3 is 2.50 bits per heavy atom. The summed E-state index contributed by atoms with van der Waals surface area (Å²) in [5, 5.41) is 9.50. The molecule has 1 fully saturated rings. The summed E-state index contributed by atoms with van der Waals surface area (Å²) in [6.07, 6.45) is 3.54. The molecule has 3 N–H and O–H groups in total. The summed E-state index contributed by atoms with van der Waals surface area (Å²) in [4.78, 5) is 15.4. The first-order chi connectivity index (χ1) is 13.5. The molecule has 0 aromatic heterocycles. The van der Waals surface area contributed by atoms with Crippen molar-refractivity contribution in [3.05, 3.63) is 71.0 Å². The molecule has 5 heteroatoms. The first-order valence-corrected chi connectivity index (χ1v) is 10.0. The van der Waals surface area contributed by atoms with E-state index in [0.717, 1.165) is 17.5 Å². The average Bonchev–Trinajstić information content (AvgIpc) is 2.74. The van der Waals surface area contributed by atoms with Crippen LogP contribution in [0.25, 0.3) is 0 Å². The summed E-state index contributed by atoms with van der Waals surface area (Å²) in [6.45, 7) is 0.616. The molecule has 2 aromatic carbocycles. The van der Waals surface area contributed by atoms with Crippen molar-refractivity contribution in [3.63, 3.8) is 0 Å². The molecule has 2 aliphatic rings. The van der Waals surface area contributed by atoms with Crippen LogP contribution in [0.1, 0.15) is 48.4 Å². The van der Waals surface area contributed by atoms with E-state index in [4.69, 9.17) is 5.73 Å². The van der Waals surface area contributed by atoms with E-state index in [1.54, 1.807) is 12.1 Å². The number of benzene rings is 2. The van der Waals surface area contributed by atoms with Gasteiger partial charge in [-0.25, -0.2) is 4.39 Å². The Hall–Kier alpha value is -2.24. The summed E-state index contributed by atoms with van der Waals surface area (Å²) >= 11 is 0. The molecule has 2 aromatic rings. The van der Waals surface area contributed by atoms with Crippen LogP contribution in [0.15, 0.2) is 48.5 Å². The van der Waals surface area contributed by atoms with Gasteiger partial charge in [0.2, 0.25) is 5.91 Å². The number of amides is 1. The largest absolute Gasteiger partial charge is 0.394 e. The number of nitrogens with two attached hydrogens (primary N) is 1. The van der Waals surface area contributed by atoms with Crippen LogP contribution in [-0.4, -0.2) is 34.6 Å². The van der Waals surface area contributed by atoms with Gasteiger partial charge in [0.1, 0.15) is 5.82 Å². The highest BCUT2D eigenvalue weighted by Gasteiger charge is 2.39. The van der Waals surface area contributed by atoms with Crippen molar-refractivity contribution in [1.82, 2.24) is 4.90 Å². The molecule has 1 aliphatic carbocycles. The first-order valence-electron chi connectivity index (χ1n) is 10.0. The van der Waals surface area contributed by atoms with E-state index in [9.17, 15) is 14.3 Å². The molecule has 0 radical (unpaired) electrons. The number of aliphatic hydroxyl groups is 1. The number of carbonyl (C=O) groups excluding carboxylic acids is 1. The van der Waals surface area contributed by atoms with Gasteiger partial charge in [0, 0.05) is 18.0 Å². The Bertz CT molecular complexity index is 844. The number of fused-ring (bicyclic) bond motifs is 1. The Morgan fingerprint density at radius 2 is 1.82 bits per heavy atom. The molecule has 1 saturated carbocycles. The molecule has 4 rings (SSSR count). The maximum Gasteiger partial charge on any atom is 0.226 e. The minimum atomic E-state index is -0.554. The highest BCUT2D eigenvalue weighted by molar-refractivity contribution is 5.80. The van der Waals surface area contributed by atoms with E-state index < -0.39 is 5.54 Å². The van der Waals surface area contributed by atoms with Crippen molar-refractivity contribution in [2.75, 3.05) is 13.2 Å². The van der Waals surface area contributed by atoms with Crippen molar-refractivity contribution >= 4 is 5.91 Å². The SMILES string of the molecule is NC1(CO)CCC(C(=O)N2CCc3ccccc3[C@@H]2c2ccc(F)cc2)CC1. The molecule has 148 valence electrons. The number of halogens is 1. The van der Waals surface area contributed by atoms with Gasteiger partial charge < -0.3 is 15.7 Å². The smallest absolute Gasteiger partial charge is 0.226 e. The molecule has 0 unspecified atom stereocenters. The number of aliphatic hydroxyl groups excluding tert-OH is 1. The summed E-state index contributed by atoms with van der Waals surface area (Å²) in [7, 11) is 0. The van der Waals surface area contributed by atoms with Crippen LogP contribution in [0.2, 0.25) is 0 Å². The van der Waals surface area contributed by atoms with Gasteiger partial charge >= 0.3 is 0 Å². The van der Waals surface area contributed by atoms with Crippen molar-refractivity contribution in [3.8, 4) is 0 Å². The van der Waals surface area contributed by atoms with Gasteiger partial charge in [-0.05, 0) is 60.9 Å². The van der Waals surface area contributed by atoms with Crippen LogP contribution in [0.5, 0.6) is 0 Å². The molecule has 28 heavy (non-hydrogen) atoms. The minimum Gasteiger partial charge on any atom is -0.394 e. The second-order valence-electron chi connectivity index (χ2n) is 8.23. The zero-order chi connectivity index (χ0) is 19.7. The van der Waals surface area contributed by atoms with Crippen molar-refractivity contribution < 1.29 is 14.3 Å². The van der Waals surface area contributed by atoms with E-state index in [1.807, 2.05) is 17.0 Å². The van der Waals surface area contributed by atoms with E-state index in [1.165, 1.54) is 17.7 Å². The Morgan fingerprint density at radius 1 is 1.14 bits per heavy atom. The third-order valence-electron chi connectivity index (χ3n) is 6.40. The molecule has 0 saturated heterocycles. The lowest BCUT2D eigenvalue weighted by molar-refractivity contribution is -0.139. The number of carbonyl (C=O) groups is 1. The molecular formula is C23H27FN2O2. The highest BCUT2D eigenvalue weighted by atomic mass is 19.1. The second-order valence-corrected chi connectivity index (χ2v) is 8.23. The lowest BCUT2D eigenvalue weighted by Gasteiger charge is -2.42. The molecule has 1 amide bonds. The van der Waals surface area contributed by atoms with E-state index in [-0.39, 0.29) is 30.3 Å². The quantitative estimate of drug-likeness (QED) is 0.857. The fourth-order valence-electron chi connectivity index (χ4n) is 4.64. The fraction of sp³-hybridized carbons (Fsp3) is 0.435. The standard InChI is InChI=1S/C23H27FN2O2/c24-19-7-5-17(6-8-19)21-20-4-2-1-3-16(20)11-14-26(21)22(28)18-9-12-23(25,15-27)13-10-18/h1-8,18,21,27H,9-15,25H2/t18?,21-,23?/m0/s1. The Labute approximate surface area is 165 Å². The predicted octanol–water partition coefficient (Wildman–Crippen LogP) is 3.18. The van der Waals surface area contributed by atoms with Crippen molar-refractivity contribution in [2.45, 2.75) is 43.7 Å². The van der Waals surface area contributed by atoms with Gasteiger partial charge in [0.25, 0.3) is 0 Å². The van der Waals surface area contributed by atoms with E-state index >= 15 is 0 Å². The van der Waals surface area contributed by atoms with Crippen LogP contribution in [-0.2, 0) is 11.2 Å². The summed E-state index contributed by atoms with van der Waals surface area (Å²) < 4.78 is 13.5. The first kappa shape index (κ1) is 19.1. The molecule has 0 bridgehead atoms. The fourth-order valence-corrected chi connectivity index (χ4v) is 4.64. The zero-order valence-corrected chi connectivity index (χ0v) is 16.0. The minimum absolute atomic E-state index is 0.0385. The van der Waals surface area contributed by atoms with Crippen molar-refractivity contribution in [1.29, 1.82) is 0 Å². The van der Waals surface area contributed by atoms with Crippen LogP contribution in [0.3, 0.4) is 0 Å². The maximum atomic E-state index is 13.5. The Balaban J connectivity index is 1.64. The molecule has 1 heterocycles. The molecular weight excluding hydrogens is 355 g/mol.